The summed E-state index contributed by atoms with van der Waals surface area (Å²) in [6.07, 6.45) is 6.35. The molecule has 23 heavy (non-hydrogen) atoms. The normalized spacial score (nSPS) is 25.3. The minimum absolute atomic E-state index is 0.0178. The van der Waals surface area contributed by atoms with Gasteiger partial charge in [0, 0.05) is 14.2 Å². The maximum atomic E-state index is 12.0. The van der Waals surface area contributed by atoms with Crippen LogP contribution < -0.4 is 0 Å². The number of methoxy groups -OCH3 is 1. The van der Waals surface area contributed by atoms with Gasteiger partial charge in [0.2, 0.25) is 0 Å². The molecule has 3 atom stereocenters. The maximum absolute atomic E-state index is 12.0. The lowest BCUT2D eigenvalue weighted by atomic mass is 9.91. The summed E-state index contributed by atoms with van der Waals surface area (Å²) in [5, 5.41) is 1.25. The van der Waals surface area contributed by atoms with E-state index in [1.165, 1.54) is 31.4 Å². The van der Waals surface area contributed by atoms with Gasteiger partial charge in [-0.25, -0.2) is 5.06 Å². The summed E-state index contributed by atoms with van der Waals surface area (Å²) in [6.45, 7) is 8.59. The Bertz CT molecular complexity index is 385. The molecule has 1 aliphatic heterocycles. The highest BCUT2D eigenvalue weighted by Gasteiger charge is 2.57. The topological polar surface area (TPSA) is 51.3 Å². The first kappa shape index (κ1) is 20.4. The predicted octanol–water partition coefficient (Wildman–Crippen LogP) is 3.57. The molecule has 0 aromatic heterocycles. The minimum atomic E-state index is -0.342. The summed E-state index contributed by atoms with van der Waals surface area (Å²) in [5.41, 5.74) is -0.322. The van der Waals surface area contributed by atoms with Gasteiger partial charge in [-0.2, -0.15) is 0 Å². The fourth-order valence-corrected chi connectivity index (χ4v) is 2.92. The van der Waals surface area contributed by atoms with E-state index in [-0.39, 0.29) is 23.2 Å². The number of amides is 1. The number of carbonyl (C=O) groups excluding carboxylic acids is 1. The Morgan fingerprint density at radius 1 is 1.30 bits per heavy atom. The Kier molecular flexibility index (Phi) is 7.49. The van der Waals surface area contributed by atoms with Gasteiger partial charge < -0.3 is 9.47 Å². The summed E-state index contributed by atoms with van der Waals surface area (Å²) < 4.78 is 11.1. The number of rotatable bonds is 11. The van der Waals surface area contributed by atoms with E-state index in [1.54, 1.807) is 14.2 Å². The zero-order valence-electron chi connectivity index (χ0n) is 16.0. The number of likely N-dealkylation sites (N-methyl/N-ethyl adjacent to an activating group) is 1. The molecule has 0 aromatic rings. The third-order valence-corrected chi connectivity index (χ3v) is 5.09. The molecular formula is C18H35NO4. The summed E-state index contributed by atoms with van der Waals surface area (Å²) in [4.78, 5) is 16.9. The van der Waals surface area contributed by atoms with Crippen molar-refractivity contribution >= 4 is 5.91 Å². The molecule has 1 fully saturated rings. The van der Waals surface area contributed by atoms with Gasteiger partial charge in [0.1, 0.15) is 5.60 Å². The Labute approximate surface area is 141 Å². The van der Waals surface area contributed by atoms with Crippen LogP contribution in [0.3, 0.4) is 0 Å². The number of hydrogen-bond acceptors (Lipinski definition) is 4. The Hall–Kier alpha value is -0.650. The number of nitrogens with zero attached hydrogens (tertiary/aromatic N) is 1. The molecule has 0 radical (unpaired) electrons. The molecule has 0 N–H and O–H groups in total. The molecule has 1 saturated heterocycles. The number of ether oxygens (including phenoxy) is 2. The summed E-state index contributed by atoms with van der Waals surface area (Å²) in [5.74, 6) is 0.602. The lowest BCUT2D eigenvalue weighted by molar-refractivity contribution is -0.170. The largest absolute Gasteiger partial charge is 0.379 e. The third kappa shape index (κ3) is 6.40. The smallest absolute Gasteiger partial charge is 0.277 e. The van der Waals surface area contributed by atoms with Crippen LogP contribution in [0, 0.1) is 5.92 Å². The van der Waals surface area contributed by atoms with Crippen LogP contribution in [0.1, 0.15) is 66.2 Å². The highest BCUT2D eigenvalue weighted by atomic mass is 16.7. The maximum Gasteiger partial charge on any atom is 0.277 e. The molecule has 0 aromatic carbocycles. The molecule has 136 valence electrons. The highest BCUT2D eigenvalue weighted by molar-refractivity contribution is 5.83. The van der Waals surface area contributed by atoms with Gasteiger partial charge >= 0.3 is 0 Å². The molecule has 1 amide bonds. The molecule has 3 unspecified atom stereocenters. The predicted molar refractivity (Wildman–Crippen MR) is 91.0 cm³/mol. The molecule has 0 bridgehead atoms. The third-order valence-electron chi connectivity index (χ3n) is 5.09. The Morgan fingerprint density at radius 3 is 2.48 bits per heavy atom. The molecule has 0 aliphatic carbocycles. The van der Waals surface area contributed by atoms with E-state index in [2.05, 4.69) is 20.8 Å². The van der Waals surface area contributed by atoms with Crippen molar-refractivity contribution in [2.45, 2.75) is 83.5 Å². The quantitative estimate of drug-likeness (QED) is 0.429. The number of epoxide rings is 1. The van der Waals surface area contributed by atoms with E-state index in [1.807, 2.05) is 6.92 Å². The average molecular weight is 329 g/mol. The van der Waals surface area contributed by atoms with Gasteiger partial charge in [-0.15, -0.1) is 0 Å². The van der Waals surface area contributed by atoms with Crippen LogP contribution in [-0.2, 0) is 19.1 Å². The summed E-state index contributed by atoms with van der Waals surface area (Å²) in [7, 11) is 4.89. The van der Waals surface area contributed by atoms with Crippen molar-refractivity contribution in [2.75, 3.05) is 21.3 Å². The van der Waals surface area contributed by atoms with Crippen LogP contribution in [0.2, 0.25) is 0 Å². The number of hydroxylamine groups is 2. The Morgan fingerprint density at radius 2 is 1.91 bits per heavy atom. The molecule has 5 heteroatoms. The molecule has 1 heterocycles. The summed E-state index contributed by atoms with van der Waals surface area (Å²) >= 11 is 0. The fourth-order valence-electron chi connectivity index (χ4n) is 2.92. The first-order valence-corrected chi connectivity index (χ1v) is 8.70. The molecule has 5 nitrogen and oxygen atoms in total. The van der Waals surface area contributed by atoms with Crippen LogP contribution >= 0.6 is 0 Å². The van der Waals surface area contributed by atoms with Crippen molar-refractivity contribution < 1.29 is 19.1 Å². The first-order valence-electron chi connectivity index (χ1n) is 8.70. The van der Waals surface area contributed by atoms with Crippen LogP contribution in [0.15, 0.2) is 0 Å². The van der Waals surface area contributed by atoms with Crippen molar-refractivity contribution in [3.63, 3.8) is 0 Å². The molecule has 1 aliphatic rings. The van der Waals surface area contributed by atoms with Crippen LogP contribution in [0.5, 0.6) is 0 Å². The molecular weight excluding hydrogens is 294 g/mol. The second kappa shape index (κ2) is 8.45. The number of carbonyl (C=O) groups is 1. The van der Waals surface area contributed by atoms with E-state index in [9.17, 15) is 4.79 Å². The van der Waals surface area contributed by atoms with Crippen molar-refractivity contribution in [1.82, 2.24) is 5.06 Å². The van der Waals surface area contributed by atoms with E-state index >= 15 is 0 Å². The van der Waals surface area contributed by atoms with Gasteiger partial charge in [0.05, 0.1) is 12.7 Å². The average Bonchev–Trinajstić information content (AvgIpc) is 3.17. The monoisotopic (exact) mass is 329 g/mol. The molecule has 0 spiro atoms. The highest BCUT2D eigenvalue weighted by Crippen LogP contribution is 2.42. The zero-order chi connectivity index (χ0) is 17.7. The molecule has 0 saturated carbocycles. The van der Waals surface area contributed by atoms with E-state index in [4.69, 9.17) is 14.3 Å². The first-order chi connectivity index (χ1) is 10.6. The lowest BCUT2D eigenvalue weighted by Crippen LogP contribution is -2.32. The van der Waals surface area contributed by atoms with Crippen LogP contribution in [0.4, 0.5) is 0 Å². The van der Waals surface area contributed by atoms with Crippen molar-refractivity contribution in [1.29, 1.82) is 0 Å². The van der Waals surface area contributed by atoms with Crippen LogP contribution in [-0.4, -0.2) is 49.5 Å². The second-order valence-electron chi connectivity index (χ2n) is 7.68. The molecule has 1 rings (SSSR count). The van der Waals surface area contributed by atoms with Gasteiger partial charge in [0.25, 0.3) is 5.91 Å². The fraction of sp³-hybridized carbons (Fsp3) is 0.944. The van der Waals surface area contributed by atoms with Gasteiger partial charge in [0.15, 0.2) is 6.10 Å². The van der Waals surface area contributed by atoms with Gasteiger partial charge in [-0.05, 0) is 39.5 Å². The summed E-state index contributed by atoms with van der Waals surface area (Å²) in [6, 6.07) is 0. The van der Waals surface area contributed by atoms with Crippen molar-refractivity contribution in [3.05, 3.63) is 0 Å². The van der Waals surface area contributed by atoms with Crippen LogP contribution in [0.25, 0.3) is 0 Å². The Balaban J connectivity index is 2.18. The standard InChI is InChI=1S/C18H35NO4/c1-14(10-8-12-17(2,3)21-6)11-9-13-18(4)15(23-18)16(20)19(5)22-7/h14-15H,8-13H2,1-7H3. The lowest BCUT2D eigenvalue weighted by Gasteiger charge is -2.23. The second-order valence-corrected chi connectivity index (χ2v) is 7.68. The SMILES string of the molecule is CON(C)C(=O)C1OC1(C)CCCC(C)CCCC(C)(C)OC. The van der Waals surface area contributed by atoms with Crippen molar-refractivity contribution in [2.24, 2.45) is 5.92 Å². The van der Waals surface area contributed by atoms with Crippen molar-refractivity contribution in [3.8, 4) is 0 Å². The number of hydrogen-bond donors (Lipinski definition) is 0. The minimum Gasteiger partial charge on any atom is -0.379 e. The van der Waals surface area contributed by atoms with E-state index in [0.717, 1.165) is 19.3 Å². The van der Waals surface area contributed by atoms with E-state index in [0.29, 0.717) is 5.92 Å². The van der Waals surface area contributed by atoms with Gasteiger partial charge in [-0.1, -0.05) is 32.6 Å². The zero-order valence-corrected chi connectivity index (χ0v) is 16.0. The van der Waals surface area contributed by atoms with Gasteiger partial charge in [-0.3, -0.25) is 9.63 Å². The van der Waals surface area contributed by atoms with E-state index < -0.39 is 0 Å².